The van der Waals surface area contributed by atoms with Crippen molar-refractivity contribution in [2.24, 2.45) is 0 Å². The first-order chi connectivity index (χ1) is 16.5. The largest absolute Gasteiger partial charge is 0.501 e. The Kier molecular flexibility index (Phi) is 7.16. The summed E-state index contributed by atoms with van der Waals surface area (Å²) in [5, 5.41) is 12.8. The van der Waals surface area contributed by atoms with Gasteiger partial charge in [-0.1, -0.05) is 30.3 Å². The Morgan fingerprint density at radius 1 is 1.15 bits per heavy atom. The highest BCUT2D eigenvalue weighted by molar-refractivity contribution is 5.94. The lowest BCUT2D eigenvalue weighted by atomic mass is 10.2. The summed E-state index contributed by atoms with van der Waals surface area (Å²) in [6.45, 7) is 0.831. The van der Waals surface area contributed by atoms with Crippen LogP contribution < -0.4 is 10.9 Å². The van der Waals surface area contributed by atoms with E-state index in [1.807, 2.05) is 42.5 Å². The number of hydrogen-bond donors (Lipinski definition) is 3. The summed E-state index contributed by atoms with van der Waals surface area (Å²) in [7, 11) is 0. The molecule has 4 rings (SSSR count). The normalized spacial score (nSPS) is 15.2. The van der Waals surface area contributed by atoms with Crippen molar-refractivity contribution in [1.29, 1.82) is 0 Å². The van der Waals surface area contributed by atoms with Crippen LogP contribution in [0.2, 0.25) is 0 Å². The predicted octanol–water partition coefficient (Wildman–Crippen LogP) is 2.32. The summed E-state index contributed by atoms with van der Waals surface area (Å²) in [5.41, 5.74) is 0.620. The van der Waals surface area contributed by atoms with Gasteiger partial charge in [-0.25, -0.2) is 9.78 Å². The summed E-state index contributed by atoms with van der Waals surface area (Å²) < 4.78 is 5.42. The highest BCUT2D eigenvalue weighted by Crippen LogP contribution is 2.30. The molecule has 0 aliphatic carbocycles. The van der Waals surface area contributed by atoms with Crippen molar-refractivity contribution in [3.8, 4) is 5.75 Å². The van der Waals surface area contributed by atoms with Gasteiger partial charge >= 0.3 is 6.09 Å². The molecule has 0 bridgehead atoms. The van der Waals surface area contributed by atoms with E-state index in [9.17, 15) is 19.5 Å². The van der Waals surface area contributed by atoms with E-state index in [2.05, 4.69) is 20.3 Å². The molecule has 1 saturated heterocycles. The van der Waals surface area contributed by atoms with E-state index in [-0.39, 0.29) is 24.7 Å². The number of nitrogens with zero attached hydrogens (tertiary/aromatic N) is 3. The number of pyridine rings is 1. The average molecular weight is 463 g/mol. The van der Waals surface area contributed by atoms with Gasteiger partial charge in [0.05, 0.1) is 6.04 Å². The van der Waals surface area contributed by atoms with E-state index >= 15 is 0 Å². The molecule has 1 atom stereocenters. The third kappa shape index (κ3) is 5.40. The van der Waals surface area contributed by atoms with E-state index in [4.69, 9.17) is 4.74 Å². The summed E-state index contributed by atoms with van der Waals surface area (Å²) in [6, 6.07) is 12.4. The molecule has 3 heterocycles. The first-order valence-corrected chi connectivity index (χ1v) is 11.0. The molecule has 10 heteroatoms. The van der Waals surface area contributed by atoms with E-state index in [0.717, 1.165) is 11.1 Å². The molecule has 10 nitrogen and oxygen atoms in total. The van der Waals surface area contributed by atoms with Crippen molar-refractivity contribution in [2.75, 3.05) is 13.1 Å². The molecule has 176 valence electrons. The molecule has 34 heavy (non-hydrogen) atoms. The maximum Gasteiger partial charge on any atom is 0.410 e. The standard InChI is InChI=1S/C24H25N5O5/c30-20-19(22(31)26-13-10-16-8-11-25-12-9-16)27-21(28-23(20)32)18-7-4-14-29(18)24(33)34-15-17-5-2-1-3-6-17/h1-3,5-6,8-9,11-12,18,30H,4,7,10,13-15H2,(H,26,31)(H,27,28,32)/t18-/m0/s1. The number of amides is 2. The van der Waals surface area contributed by atoms with Crippen molar-refractivity contribution in [3.05, 3.63) is 87.9 Å². The highest BCUT2D eigenvalue weighted by Gasteiger charge is 2.34. The molecule has 0 saturated carbocycles. The molecule has 2 aromatic heterocycles. The minimum atomic E-state index is -0.839. The molecule has 2 amide bonds. The number of nitrogens with one attached hydrogen (secondary N) is 2. The lowest BCUT2D eigenvalue weighted by Gasteiger charge is -2.23. The number of rotatable bonds is 7. The van der Waals surface area contributed by atoms with Crippen molar-refractivity contribution in [2.45, 2.75) is 31.9 Å². The van der Waals surface area contributed by atoms with Crippen LogP contribution in [0.5, 0.6) is 5.75 Å². The molecule has 1 aromatic carbocycles. The monoisotopic (exact) mass is 463 g/mol. The topological polar surface area (TPSA) is 138 Å². The number of hydrogen-bond acceptors (Lipinski definition) is 7. The van der Waals surface area contributed by atoms with Gasteiger partial charge in [0.15, 0.2) is 5.69 Å². The van der Waals surface area contributed by atoms with E-state index in [1.165, 1.54) is 4.90 Å². The Morgan fingerprint density at radius 3 is 2.68 bits per heavy atom. The lowest BCUT2D eigenvalue weighted by Crippen LogP contribution is -2.34. The Balaban J connectivity index is 1.45. The molecule has 1 aliphatic heterocycles. The third-order valence-corrected chi connectivity index (χ3v) is 5.58. The second-order valence-corrected chi connectivity index (χ2v) is 7.90. The van der Waals surface area contributed by atoms with Gasteiger partial charge in [0, 0.05) is 25.5 Å². The number of likely N-dealkylation sites (tertiary alicyclic amines) is 1. The SMILES string of the molecule is O=C(NCCc1ccncc1)c1nc([C@@H]2CCCN2C(=O)OCc2ccccc2)[nH]c(=O)c1O. The average Bonchev–Trinajstić information content (AvgIpc) is 3.35. The van der Waals surface area contributed by atoms with Gasteiger partial charge in [-0.2, -0.15) is 0 Å². The Bertz CT molecular complexity index is 1200. The minimum absolute atomic E-state index is 0.119. The van der Waals surface area contributed by atoms with Crippen molar-refractivity contribution < 1.29 is 19.4 Å². The van der Waals surface area contributed by atoms with Crippen LogP contribution >= 0.6 is 0 Å². The van der Waals surface area contributed by atoms with E-state index in [1.54, 1.807) is 12.4 Å². The van der Waals surface area contributed by atoms with Crippen LogP contribution in [0.3, 0.4) is 0 Å². The fraction of sp³-hybridized carbons (Fsp3) is 0.292. The van der Waals surface area contributed by atoms with Crippen LogP contribution in [0.25, 0.3) is 0 Å². The van der Waals surface area contributed by atoms with Gasteiger partial charge < -0.3 is 20.1 Å². The number of carbonyl (C=O) groups is 2. The van der Waals surface area contributed by atoms with Gasteiger partial charge in [0.2, 0.25) is 5.75 Å². The molecular weight excluding hydrogens is 438 g/mol. The van der Waals surface area contributed by atoms with Crippen molar-refractivity contribution in [3.63, 3.8) is 0 Å². The second kappa shape index (κ2) is 10.6. The zero-order valence-electron chi connectivity index (χ0n) is 18.4. The summed E-state index contributed by atoms with van der Waals surface area (Å²) in [4.78, 5) is 49.8. The maximum atomic E-state index is 12.7. The fourth-order valence-electron chi connectivity index (χ4n) is 3.83. The number of aromatic nitrogens is 3. The van der Waals surface area contributed by atoms with Gasteiger partial charge in [-0.3, -0.25) is 19.5 Å². The van der Waals surface area contributed by atoms with E-state index < -0.39 is 29.4 Å². The Labute approximate surface area is 195 Å². The molecule has 0 unspecified atom stereocenters. The molecule has 0 radical (unpaired) electrons. The quantitative estimate of drug-likeness (QED) is 0.489. The van der Waals surface area contributed by atoms with Crippen LogP contribution in [-0.2, 0) is 17.8 Å². The van der Waals surface area contributed by atoms with Crippen LogP contribution in [0, 0.1) is 0 Å². The molecular formula is C24H25N5O5. The number of H-pyrrole nitrogens is 1. The Morgan fingerprint density at radius 2 is 1.91 bits per heavy atom. The summed E-state index contributed by atoms with van der Waals surface area (Å²) in [5.74, 6) is -1.30. The number of aromatic amines is 1. The maximum absolute atomic E-state index is 12.7. The van der Waals surface area contributed by atoms with Gasteiger partial charge in [-0.05, 0) is 42.5 Å². The molecule has 1 fully saturated rings. The van der Waals surface area contributed by atoms with Gasteiger partial charge in [0.1, 0.15) is 12.4 Å². The number of benzene rings is 1. The zero-order valence-corrected chi connectivity index (χ0v) is 18.4. The van der Waals surface area contributed by atoms with Crippen molar-refractivity contribution >= 4 is 12.0 Å². The van der Waals surface area contributed by atoms with Crippen LogP contribution in [-0.4, -0.2) is 50.0 Å². The summed E-state index contributed by atoms with van der Waals surface area (Å²) in [6.07, 6.45) is 4.55. The molecule has 3 aromatic rings. The smallest absolute Gasteiger partial charge is 0.410 e. The second-order valence-electron chi connectivity index (χ2n) is 7.90. The van der Waals surface area contributed by atoms with Crippen molar-refractivity contribution in [1.82, 2.24) is 25.2 Å². The molecule has 0 spiro atoms. The van der Waals surface area contributed by atoms with Crippen LogP contribution in [0.15, 0.2) is 59.7 Å². The lowest BCUT2D eigenvalue weighted by molar-refractivity contribution is 0.0906. The molecule has 1 aliphatic rings. The Hall–Kier alpha value is -4.21. The summed E-state index contributed by atoms with van der Waals surface area (Å²) >= 11 is 0. The van der Waals surface area contributed by atoms with Crippen LogP contribution in [0.4, 0.5) is 4.79 Å². The molecule has 3 N–H and O–H groups in total. The van der Waals surface area contributed by atoms with E-state index in [0.29, 0.717) is 25.8 Å². The number of ether oxygens (including phenoxy) is 1. The zero-order chi connectivity index (χ0) is 23.9. The minimum Gasteiger partial charge on any atom is -0.501 e. The van der Waals surface area contributed by atoms with Gasteiger partial charge in [0.25, 0.3) is 11.5 Å². The number of carbonyl (C=O) groups excluding carboxylic acids is 2. The van der Waals surface area contributed by atoms with Gasteiger partial charge in [-0.15, -0.1) is 0 Å². The third-order valence-electron chi connectivity index (χ3n) is 5.58. The first kappa shape index (κ1) is 23.0. The predicted molar refractivity (Wildman–Crippen MR) is 122 cm³/mol. The highest BCUT2D eigenvalue weighted by atomic mass is 16.6. The fourth-order valence-corrected chi connectivity index (χ4v) is 3.83. The first-order valence-electron chi connectivity index (χ1n) is 11.0. The van der Waals surface area contributed by atoms with Crippen LogP contribution in [0.1, 0.15) is 46.3 Å². The number of aromatic hydroxyl groups is 1.